The molecule has 2 rings (SSSR count). The first-order valence-corrected chi connectivity index (χ1v) is 7.21. The van der Waals surface area contributed by atoms with E-state index in [9.17, 15) is 5.11 Å². The van der Waals surface area contributed by atoms with Crippen molar-refractivity contribution >= 4 is 36.4 Å². The summed E-state index contributed by atoms with van der Waals surface area (Å²) in [6.07, 6.45) is 0. The molecule has 1 heterocycles. The summed E-state index contributed by atoms with van der Waals surface area (Å²) in [6, 6.07) is 5.81. The topological polar surface area (TPSA) is 35.5 Å². The van der Waals surface area contributed by atoms with Gasteiger partial charge in [-0.05, 0) is 11.5 Å². The van der Waals surface area contributed by atoms with Crippen LogP contribution in [-0.4, -0.2) is 36.2 Å². The van der Waals surface area contributed by atoms with Gasteiger partial charge in [0.1, 0.15) is 5.75 Å². The van der Waals surface area contributed by atoms with Crippen LogP contribution in [0.5, 0.6) is 5.75 Å². The largest absolute Gasteiger partial charge is 0.506 e. The summed E-state index contributed by atoms with van der Waals surface area (Å²) in [7, 11) is 0. The molecule has 0 aromatic heterocycles. The molecule has 1 aromatic rings. The molecule has 1 atom stereocenters. The van der Waals surface area contributed by atoms with Gasteiger partial charge in [0.25, 0.3) is 0 Å². The molecule has 0 spiro atoms. The number of halogens is 3. The van der Waals surface area contributed by atoms with Crippen LogP contribution in [0.3, 0.4) is 0 Å². The molecule has 2 N–H and O–H groups in total. The second kappa shape index (κ2) is 8.44. The predicted octanol–water partition coefficient (Wildman–Crippen LogP) is 3.88. The maximum atomic E-state index is 10.3. The summed E-state index contributed by atoms with van der Waals surface area (Å²) < 4.78 is 0. The lowest BCUT2D eigenvalue weighted by Crippen LogP contribution is -2.48. The van der Waals surface area contributed by atoms with Gasteiger partial charge in [-0.1, -0.05) is 44.5 Å². The fourth-order valence-electron chi connectivity index (χ4n) is 2.90. The van der Waals surface area contributed by atoms with E-state index >= 15 is 0 Å². The number of rotatable bonds is 2. The molecule has 0 amide bonds. The van der Waals surface area contributed by atoms with E-state index in [1.54, 1.807) is 6.07 Å². The normalized spacial score (nSPS) is 17.5. The molecule has 1 aromatic carbocycles. The van der Waals surface area contributed by atoms with Crippen LogP contribution in [0.15, 0.2) is 18.2 Å². The van der Waals surface area contributed by atoms with Crippen molar-refractivity contribution in [2.45, 2.75) is 26.8 Å². The molecule has 1 fully saturated rings. The summed E-state index contributed by atoms with van der Waals surface area (Å²) in [6.45, 7) is 10.6. The molecule has 0 aliphatic carbocycles. The van der Waals surface area contributed by atoms with Crippen LogP contribution in [0.4, 0.5) is 0 Å². The molecule has 1 saturated heterocycles. The maximum Gasteiger partial charge on any atom is 0.138 e. The van der Waals surface area contributed by atoms with E-state index in [0.717, 1.165) is 31.7 Å². The molecule has 6 heteroatoms. The van der Waals surface area contributed by atoms with E-state index in [1.807, 2.05) is 12.1 Å². The highest BCUT2D eigenvalue weighted by Crippen LogP contribution is 2.43. The Kier molecular flexibility index (Phi) is 8.37. The van der Waals surface area contributed by atoms with E-state index in [2.05, 4.69) is 31.0 Å². The second-order valence-electron chi connectivity index (χ2n) is 6.23. The lowest BCUT2D eigenvalue weighted by molar-refractivity contribution is 0.0842. The van der Waals surface area contributed by atoms with E-state index in [0.29, 0.717) is 5.02 Å². The van der Waals surface area contributed by atoms with Gasteiger partial charge in [0.15, 0.2) is 0 Å². The summed E-state index contributed by atoms with van der Waals surface area (Å²) in [5.41, 5.74) is 0.973. The maximum absolute atomic E-state index is 10.3. The van der Waals surface area contributed by atoms with Crippen molar-refractivity contribution < 1.29 is 5.11 Å². The SMILES string of the molecule is CC(C)(C)[C@H](c1cccc(Cl)c1O)N1CCNCC1.Cl.Cl. The molecule has 1 aliphatic rings. The Morgan fingerprint density at radius 1 is 1.19 bits per heavy atom. The number of phenols is 1. The van der Waals surface area contributed by atoms with Crippen molar-refractivity contribution in [3.63, 3.8) is 0 Å². The van der Waals surface area contributed by atoms with Gasteiger partial charge in [0.05, 0.1) is 5.02 Å². The molecule has 0 unspecified atom stereocenters. The van der Waals surface area contributed by atoms with Gasteiger partial charge in [-0.2, -0.15) is 0 Å². The molecule has 0 radical (unpaired) electrons. The zero-order chi connectivity index (χ0) is 14.0. The summed E-state index contributed by atoms with van der Waals surface area (Å²) in [5, 5.41) is 14.1. The average Bonchev–Trinajstić information content (AvgIpc) is 2.35. The molecule has 0 bridgehead atoms. The molecule has 1 aliphatic heterocycles. The first-order chi connectivity index (χ1) is 8.91. The monoisotopic (exact) mass is 354 g/mol. The Hall–Kier alpha value is -0.190. The number of para-hydroxylation sites is 1. The van der Waals surface area contributed by atoms with Crippen LogP contribution in [-0.2, 0) is 0 Å². The fraction of sp³-hybridized carbons (Fsp3) is 0.600. The van der Waals surface area contributed by atoms with Gasteiger partial charge in [-0.3, -0.25) is 4.90 Å². The predicted molar refractivity (Wildman–Crippen MR) is 94.3 cm³/mol. The number of nitrogens with one attached hydrogen (secondary N) is 1. The number of aromatic hydroxyl groups is 1. The zero-order valence-electron chi connectivity index (χ0n) is 12.7. The van der Waals surface area contributed by atoms with Crippen molar-refractivity contribution in [3.8, 4) is 5.75 Å². The Balaban J connectivity index is 0.00000200. The smallest absolute Gasteiger partial charge is 0.138 e. The minimum atomic E-state index is 0. The number of nitrogens with zero attached hydrogens (tertiary/aromatic N) is 1. The molecule has 122 valence electrons. The minimum absolute atomic E-state index is 0. The first kappa shape index (κ1) is 20.8. The molecular formula is C15H25Cl3N2O. The Morgan fingerprint density at radius 2 is 1.76 bits per heavy atom. The fourth-order valence-corrected chi connectivity index (χ4v) is 3.09. The quantitative estimate of drug-likeness (QED) is 0.845. The third-order valence-corrected chi connectivity index (χ3v) is 3.95. The van der Waals surface area contributed by atoms with Crippen LogP contribution in [0.2, 0.25) is 5.02 Å². The molecular weight excluding hydrogens is 331 g/mol. The second-order valence-corrected chi connectivity index (χ2v) is 6.64. The number of phenolic OH excluding ortho intramolecular Hbond substituents is 1. The number of hydrogen-bond donors (Lipinski definition) is 2. The standard InChI is InChI=1S/C15H23ClN2O.2ClH/c1-15(2,3)14(18-9-7-17-8-10-18)11-5-4-6-12(16)13(11)19;;/h4-6,14,17,19H,7-10H2,1-3H3;2*1H/t14-;;/m0../s1. The van der Waals surface area contributed by atoms with Crippen molar-refractivity contribution in [3.05, 3.63) is 28.8 Å². The van der Waals surface area contributed by atoms with Crippen molar-refractivity contribution in [2.24, 2.45) is 5.41 Å². The van der Waals surface area contributed by atoms with Crippen LogP contribution >= 0.6 is 36.4 Å². The van der Waals surface area contributed by atoms with Crippen molar-refractivity contribution in [1.82, 2.24) is 10.2 Å². The van der Waals surface area contributed by atoms with Gasteiger partial charge >= 0.3 is 0 Å². The number of benzene rings is 1. The van der Waals surface area contributed by atoms with E-state index in [4.69, 9.17) is 11.6 Å². The molecule has 21 heavy (non-hydrogen) atoms. The summed E-state index contributed by atoms with van der Waals surface area (Å²) in [5.74, 6) is 0.225. The highest BCUT2D eigenvalue weighted by Gasteiger charge is 2.34. The minimum Gasteiger partial charge on any atom is -0.506 e. The van der Waals surface area contributed by atoms with Gasteiger partial charge in [0, 0.05) is 37.8 Å². The van der Waals surface area contributed by atoms with Crippen LogP contribution in [0.1, 0.15) is 32.4 Å². The van der Waals surface area contributed by atoms with Crippen LogP contribution in [0, 0.1) is 5.41 Å². The zero-order valence-corrected chi connectivity index (χ0v) is 15.1. The Bertz CT molecular complexity index is 443. The van der Waals surface area contributed by atoms with E-state index in [-0.39, 0.29) is 42.0 Å². The summed E-state index contributed by atoms with van der Waals surface area (Å²) in [4.78, 5) is 2.43. The average molecular weight is 356 g/mol. The summed E-state index contributed by atoms with van der Waals surface area (Å²) >= 11 is 6.07. The Labute approximate surface area is 144 Å². The number of piperazine rings is 1. The lowest BCUT2D eigenvalue weighted by Gasteiger charge is -2.42. The van der Waals surface area contributed by atoms with E-state index < -0.39 is 0 Å². The van der Waals surface area contributed by atoms with Crippen molar-refractivity contribution in [2.75, 3.05) is 26.2 Å². The van der Waals surface area contributed by atoms with E-state index in [1.165, 1.54) is 0 Å². The number of hydrogen-bond acceptors (Lipinski definition) is 3. The van der Waals surface area contributed by atoms with Crippen molar-refractivity contribution in [1.29, 1.82) is 0 Å². The molecule has 3 nitrogen and oxygen atoms in total. The van der Waals surface area contributed by atoms with Gasteiger partial charge < -0.3 is 10.4 Å². The Morgan fingerprint density at radius 3 is 2.29 bits per heavy atom. The molecule has 0 saturated carbocycles. The van der Waals surface area contributed by atoms with Crippen LogP contribution < -0.4 is 5.32 Å². The highest BCUT2D eigenvalue weighted by atomic mass is 35.5. The van der Waals surface area contributed by atoms with Gasteiger partial charge in [0.2, 0.25) is 0 Å². The first-order valence-electron chi connectivity index (χ1n) is 6.83. The van der Waals surface area contributed by atoms with Gasteiger partial charge in [-0.25, -0.2) is 0 Å². The van der Waals surface area contributed by atoms with Crippen LogP contribution in [0.25, 0.3) is 0 Å². The lowest BCUT2D eigenvalue weighted by atomic mass is 9.80. The third-order valence-electron chi connectivity index (χ3n) is 3.65. The third kappa shape index (κ3) is 4.90. The van der Waals surface area contributed by atoms with Gasteiger partial charge in [-0.15, -0.1) is 24.8 Å². The highest BCUT2D eigenvalue weighted by molar-refractivity contribution is 6.32.